The lowest BCUT2D eigenvalue weighted by atomic mass is 10.3. The smallest absolute Gasteiger partial charge is 0.144 e. The van der Waals surface area contributed by atoms with Gasteiger partial charge in [-0.1, -0.05) is 0 Å². The lowest BCUT2D eigenvalue weighted by Crippen LogP contribution is -2.26. The van der Waals surface area contributed by atoms with Gasteiger partial charge in [-0.05, 0) is 0 Å². The Morgan fingerprint density at radius 3 is 2.69 bits per heavy atom. The Labute approximate surface area is 94.6 Å². The van der Waals surface area contributed by atoms with Crippen molar-refractivity contribution in [3.8, 4) is 0 Å². The summed E-state index contributed by atoms with van der Waals surface area (Å²) in [5.74, 6) is 0.648. The van der Waals surface area contributed by atoms with Crippen LogP contribution in [0.3, 0.4) is 0 Å². The molecule has 0 aliphatic rings. The maximum absolute atomic E-state index is 8.80. The molecule has 6 heteroatoms. The Hall–Kier alpha value is -1.24. The fourth-order valence-corrected chi connectivity index (χ4v) is 1.14. The number of methoxy groups -OCH3 is 2. The van der Waals surface area contributed by atoms with Crippen LogP contribution >= 0.6 is 0 Å². The van der Waals surface area contributed by atoms with E-state index < -0.39 is 0 Å². The van der Waals surface area contributed by atoms with Crippen molar-refractivity contribution in [3.05, 3.63) is 18.1 Å². The predicted molar refractivity (Wildman–Crippen MR) is 59.1 cm³/mol. The van der Waals surface area contributed by atoms with Gasteiger partial charge in [0.2, 0.25) is 0 Å². The molecule has 0 aliphatic heterocycles. The molecule has 90 valence electrons. The number of rotatable bonds is 7. The van der Waals surface area contributed by atoms with E-state index in [9.17, 15) is 0 Å². The summed E-state index contributed by atoms with van der Waals surface area (Å²) in [5.41, 5.74) is 0.547. The van der Waals surface area contributed by atoms with Gasteiger partial charge >= 0.3 is 0 Å². The van der Waals surface area contributed by atoms with Crippen molar-refractivity contribution in [1.29, 1.82) is 0 Å². The molecule has 0 bridgehead atoms. The summed E-state index contributed by atoms with van der Waals surface area (Å²) in [6.45, 7) is 1.01. The minimum atomic E-state index is -0.0996. The molecule has 0 aliphatic carbocycles. The van der Waals surface area contributed by atoms with E-state index in [0.717, 1.165) is 0 Å². The molecular weight excluding hydrogens is 210 g/mol. The van der Waals surface area contributed by atoms with Crippen LogP contribution < -0.4 is 5.32 Å². The van der Waals surface area contributed by atoms with E-state index in [2.05, 4.69) is 15.3 Å². The standard InChI is InChI=1S/C10H17N3O3/c1-15-7-9(16-2)4-13-10-5-11-8(6-14)3-12-10/h3,5,9,14H,4,6-7H2,1-2H3,(H,12,13). The first-order valence-corrected chi connectivity index (χ1v) is 4.97. The highest BCUT2D eigenvalue weighted by Crippen LogP contribution is 2.02. The SMILES string of the molecule is COCC(CNc1cnc(CO)cn1)OC. The molecule has 1 aromatic rings. The van der Waals surface area contributed by atoms with Crippen molar-refractivity contribution in [2.75, 3.05) is 32.7 Å². The first kappa shape index (κ1) is 12.8. The van der Waals surface area contributed by atoms with E-state index in [1.165, 1.54) is 6.20 Å². The molecule has 1 heterocycles. The molecule has 1 atom stereocenters. The van der Waals surface area contributed by atoms with Gasteiger partial charge in [-0.2, -0.15) is 0 Å². The van der Waals surface area contributed by atoms with E-state index >= 15 is 0 Å². The molecular formula is C10H17N3O3. The van der Waals surface area contributed by atoms with Gasteiger partial charge in [-0.25, -0.2) is 4.98 Å². The molecule has 1 aromatic heterocycles. The van der Waals surface area contributed by atoms with Crippen molar-refractivity contribution in [2.24, 2.45) is 0 Å². The quantitative estimate of drug-likeness (QED) is 0.685. The third-order valence-corrected chi connectivity index (χ3v) is 2.06. The summed E-state index contributed by atoms with van der Waals surface area (Å²) >= 11 is 0. The number of aliphatic hydroxyl groups is 1. The van der Waals surface area contributed by atoms with E-state index in [0.29, 0.717) is 24.7 Å². The molecule has 2 N–H and O–H groups in total. The highest BCUT2D eigenvalue weighted by Gasteiger charge is 2.06. The molecule has 0 fully saturated rings. The molecule has 0 aromatic carbocycles. The Morgan fingerprint density at radius 1 is 1.38 bits per heavy atom. The van der Waals surface area contributed by atoms with Crippen molar-refractivity contribution in [3.63, 3.8) is 0 Å². The number of nitrogens with zero attached hydrogens (tertiary/aromatic N) is 2. The zero-order valence-electron chi connectivity index (χ0n) is 9.51. The molecule has 0 radical (unpaired) electrons. The maximum Gasteiger partial charge on any atom is 0.144 e. The zero-order valence-corrected chi connectivity index (χ0v) is 9.51. The second kappa shape index (κ2) is 7.10. The van der Waals surface area contributed by atoms with Crippen LogP contribution in [0.25, 0.3) is 0 Å². The lowest BCUT2D eigenvalue weighted by Gasteiger charge is -2.15. The Balaban J connectivity index is 2.40. The van der Waals surface area contributed by atoms with Gasteiger partial charge < -0.3 is 19.9 Å². The van der Waals surface area contributed by atoms with Crippen molar-refractivity contribution >= 4 is 5.82 Å². The number of ether oxygens (including phenoxy) is 2. The third kappa shape index (κ3) is 4.09. The molecule has 1 unspecified atom stereocenters. The first-order chi connectivity index (χ1) is 7.80. The van der Waals surface area contributed by atoms with E-state index in [1.807, 2.05) is 0 Å². The summed E-state index contributed by atoms with van der Waals surface area (Å²) in [7, 11) is 3.26. The Kier molecular flexibility index (Phi) is 5.69. The van der Waals surface area contributed by atoms with E-state index in [1.54, 1.807) is 20.4 Å². The molecule has 0 saturated heterocycles. The molecule has 0 amide bonds. The Morgan fingerprint density at radius 2 is 2.19 bits per heavy atom. The van der Waals surface area contributed by atoms with Gasteiger partial charge in [0.05, 0.1) is 37.4 Å². The molecule has 0 spiro atoms. The number of hydrogen-bond acceptors (Lipinski definition) is 6. The number of anilines is 1. The van der Waals surface area contributed by atoms with Gasteiger partial charge in [-0.15, -0.1) is 0 Å². The van der Waals surface area contributed by atoms with Gasteiger partial charge in [0, 0.05) is 20.8 Å². The van der Waals surface area contributed by atoms with Crippen LogP contribution in [-0.4, -0.2) is 48.5 Å². The average Bonchev–Trinajstić information content (AvgIpc) is 2.35. The normalized spacial score (nSPS) is 12.4. The van der Waals surface area contributed by atoms with Gasteiger partial charge in [0.1, 0.15) is 5.82 Å². The van der Waals surface area contributed by atoms with Crippen LogP contribution in [-0.2, 0) is 16.1 Å². The monoisotopic (exact) mass is 227 g/mol. The van der Waals surface area contributed by atoms with Crippen LogP contribution in [0.2, 0.25) is 0 Å². The molecule has 16 heavy (non-hydrogen) atoms. The lowest BCUT2D eigenvalue weighted by molar-refractivity contribution is 0.0365. The van der Waals surface area contributed by atoms with Crippen molar-refractivity contribution in [1.82, 2.24) is 9.97 Å². The fourth-order valence-electron chi connectivity index (χ4n) is 1.14. The second-order valence-corrected chi connectivity index (χ2v) is 3.25. The zero-order chi connectivity index (χ0) is 11.8. The fraction of sp³-hybridized carbons (Fsp3) is 0.600. The van der Waals surface area contributed by atoms with Gasteiger partial charge in [-0.3, -0.25) is 4.98 Å². The number of aliphatic hydroxyl groups excluding tert-OH is 1. The number of aromatic nitrogens is 2. The molecule has 6 nitrogen and oxygen atoms in total. The van der Waals surface area contributed by atoms with E-state index in [4.69, 9.17) is 14.6 Å². The summed E-state index contributed by atoms with van der Waals surface area (Å²) < 4.78 is 10.2. The maximum atomic E-state index is 8.80. The van der Waals surface area contributed by atoms with Crippen LogP contribution in [0.15, 0.2) is 12.4 Å². The molecule has 1 rings (SSSR count). The van der Waals surface area contributed by atoms with Crippen LogP contribution in [0.1, 0.15) is 5.69 Å². The number of hydrogen-bond donors (Lipinski definition) is 2. The highest BCUT2D eigenvalue weighted by molar-refractivity contribution is 5.30. The van der Waals surface area contributed by atoms with Crippen LogP contribution in [0.5, 0.6) is 0 Å². The summed E-state index contributed by atoms with van der Waals surface area (Å²) in [6.07, 6.45) is 3.08. The minimum absolute atomic E-state index is 0.0238. The van der Waals surface area contributed by atoms with Crippen molar-refractivity contribution in [2.45, 2.75) is 12.7 Å². The average molecular weight is 227 g/mol. The molecule has 0 saturated carbocycles. The van der Waals surface area contributed by atoms with Crippen LogP contribution in [0, 0.1) is 0 Å². The summed E-state index contributed by atoms with van der Waals surface area (Å²) in [6, 6.07) is 0. The summed E-state index contributed by atoms with van der Waals surface area (Å²) in [5, 5.41) is 11.9. The van der Waals surface area contributed by atoms with Crippen LogP contribution in [0.4, 0.5) is 5.82 Å². The number of nitrogens with one attached hydrogen (secondary N) is 1. The predicted octanol–water partition coefficient (Wildman–Crippen LogP) is 0.0422. The second-order valence-electron chi connectivity index (χ2n) is 3.25. The topological polar surface area (TPSA) is 76.5 Å². The van der Waals surface area contributed by atoms with Gasteiger partial charge in [0.15, 0.2) is 0 Å². The van der Waals surface area contributed by atoms with Gasteiger partial charge in [0.25, 0.3) is 0 Å². The van der Waals surface area contributed by atoms with Crippen molar-refractivity contribution < 1.29 is 14.6 Å². The third-order valence-electron chi connectivity index (χ3n) is 2.06. The van der Waals surface area contributed by atoms with E-state index in [-0.39, 0.29) is 12.7 Å². The first-order valence-electron chi connectivity index (χ1n) is 4.97. The minimum Gasteiger partial charge on any atom is -0.390 e. The largest absolute Gasteiger partial charge is 0.390 e. The Bertz CT molecular complexity index is 292. The summed E-state index contributed by atoms with van der Waals surface area (Å²) in [4.78, 5) is 8.09. The highest BCUT2D eigenvalue weighted by atomic mass is 16.5.